The van der Waals surface area contributed by atoms with Gasteiger partial charge in [-0.3, -0.25) is 0 Å². The molecule has 0 aliphatic carbocycles. The highest BCUT2D eigenvalue weighted by Gasteiger charge is 2.24. The Labute approximate surface area is 125 Å². The van der Waals surface area contributed by atoms with Gasteiger partial charge in [0.25, 0.3) is 0 Å². The highest BCUT2D eigenvalue weighted by atomic mass is 32.2. The molecule has 1 fully saturated rings. The van der Waals surface area contributed by atoms with Gasteiger partial charge in [-0.15, -0.1) is 0 Å². The summed E-state index contributed by atoms with van der Waals surface area (Å²) in [6, 6.07) is 4.06. The Morgan fingerprint density at radius 2 is 1.76 bits per heavy atom. The van der Waals surface area contributed by atoms with Crippen molar-refractivity contribution in [2.75, 3.05) is 19.3 Å². The molecule has 2 N–H and O–H groups in total. The van der Waals surface area contributed by atoms with Gasteiger partial charge in [-0.2, -0.15) is 0 Å². The van der Waals surface area contributed by atoms with Crippen LogP contribution in [0.2, 0.25) is 0 Å². The van der Waals surface area contributed by atoms with Crippen molar-refractivity contribution in [2.24, 2.45) is 0 Å². The van der Waals surface area contributed by atoms with Crippen molar-refractivity contribution in [1.82, 2.24) is 10.0 Å². The molecule has 2 rings (SSSR count). The lowest BCUT2D eigenvalue weighted by Crippen LogP contribution is -2.42. The third kappa shape index (κ3) is 4.03. The Morgan fingerprint density at radius 3 is 2.33 bits per heavy atom. The second-order valence-electron chi connectivity index (χ2n) is 5.35. The van der Waals surface area contributed by atoms with Crippen molar-refractivity contribution in [3.05, 3.63) is 23.8 Å². The molecule has 1 aromatic rings. The Bertz CT molecular complexity index is 721. The lowest BCUT2D eigenvalue weighted by Gasteiger charge is -2.24. The van der Waals surface area contributed by atoms with E-state index in [2.05, 4.69) is 10.0 Å². The Kier molecular flexibility index (Phi) is 4.72. The van der Waals surface area contributed by atoms with Crippen LogP contribution < -0.4 is 10.0 Å². The van der Waals surface area contributed by atoms with Crippen molar-refractivity contribution in [3.8, 4) is 0 Å². The third-order valence-electron chi connectivity index (χ3n) is 3.54. The summed E-state index contributed by atoms with van der Waals surface area (Å²) in [6.07, 6.45) is 2.52. The van der Waals surface area contributed by atoms with Gasteiger partial charge in [-0.25, -0.2) is 21.6 Å². The van der Waals surface area contributed by atoms with Crippen LogP contribution in [-0.4, -0.2) is 42.2 Å². The van der Waals surface area contributed by atoms with E-state index >= 15 is 0 Å². The molecule has 118 valence electrons. The molecule has 1 heterocycles. The van der Waals surface area contributed by atoms with Crippen molar-refractivity contribution >= 4 is 19.9 Å². The second kappa shape index (κ2) is 6.04. The fourth-order valence-corrected chi connectivity index (χ4v) is 4.62. The molecule has 0 bridgehead atoms. The number of rotatable bonds is 4. The normalized spacial score (nSPS) is 17.8. The molecule has 1 aliphatic rings. The molecule has 21 heavy (non-hydrogen) atoms. The Balaban J connectivity index is 2.34. The van der Waals surface area contributed by atoms with E-state index in [1.807, 2.05) is 0 Å². The first-order valence-electron chi connectivity index (χ1n) is 6.74. The number of hydrogen-bond acceptors (Lipinski definition) is 5. The highest BCUT2D eigenvalue weighted by Crippen LogP contribution is 2.21. The molecular formula is C13H20N2O4S2. The van der Waals surface area contributed by atoms with Crippen LogP contribution in [0.15, 0.2) is 28.0 Å². The summed E-state index contributed by atoms with van der Waals surface area (Å²) in [7, 11) is -7.15. The summed E-state index contributed by atoms with van der Waals surface area (Å²) in [5, 5.41) is 3.17. The van der Waals surface area contributed by atoms with Crippen molar-refractivity contribution in [3.63, 3.8) is 0 Å². The van der Waals surface area contributed by atoms with E-state index in [4.69, 9.17) is 0 Å². The molecule has 0 radical (unpaired) electrons. The fourth-order valence-electron chi connectivity index (χ4n) is 2.32. The minimum Gasteiger partial charge on any atom is -0.317 e. The highest BCUT2D eigenvalue weighted by molar-refractivity contribution is 7.91. The van der Waals surface area contributed by atoms with E-state index in [0.717, 1.165) is 32.2 Å². The zero-order valence-electron chi connectivity index (χ0n) is 12.1. The van der Waals surface area contributed by atoms with Crippen LogP contribution in [0.4, 0.5) is 0 Å². The lowest BCUT2D eigenvalue weighted by molar-refractivity contribution is 0.427. The van der Waals surface area contributed by atoms with E-state index < -0.39 is 19.9 Å². The maximum absolute atomic E-state index is 12.5. The van der Waals surface area contributed by atoms with Gasteiger partial charge < -0.3 is 5.32 Å². The van der Waals surface area contributed by atoms with Gasteiger partial charge in [0.1, 0.15) is 0 Å². The molecule has 0 aromatic heterocycles. The number of hydrogen-bond donors (Lipinski definition) is 2. The SMILES string of the molecule is Cc1ccc(S(C)(=O)=O)cc1S(=O)(=O)NC1CCNCC1. The van der Waals surface area contributed by atoms with E-state index in [1.54, 1.807) is 6.92 Å². The molecule has 1 aliphatic heterocycles. The first kappa shape index (κ1) is 16.4. The van der Waals surface area contributed by atoms with Crippen molar-refractivity contribution in [2.45, 2.75) is 35.6 Å². The third-order valence-corrected chi connectivity index (χ3v) is 6.31. The smallest absolute Gasteiger partial charge is 0.241 e. The summed E-state index contributed by atoms with van der Waals surface area (Å²) in [5.41, 5.74) is 0.531. The van der Waals surface area contributed by atoms with Crippen LogP contribution in [0.5, 0.6) is 0 Å². The van der Waals surface area contributed by atoms with Crippen LogP contribution in [0.1, 0.15) is 18.4 Å². The largest absolute Gasteiger partial charge is 0.317 e. The van der Waals surface area contributed by atoms with Gasteiger partial charge in [-0.1, -0.05) is 6.07 Å². The van der Waals surface area contributed by atoms with Gasteiger partial charge in [0.2, 0.25) is 10.0 Å². The number of nitrogens with one attached hydrogen (secondary N) is 2. The second-order valence-corrected chi connectivity index (χ2v) is 9.04. The molecule has 1 aromatic carbocycles. The summed E-state index contributed by atoms with van der Waals surface area (Å²) in [6.45, 7) is 3.20. The molecule has 1 saturated heterocycles. The van der Waals surface area contributed by atoms with Crippen molar-refractivity contribution in [1.29, 1.82) is 0 Å². The van der Waals surface area contributed by atoms with Gasteiger partial charge in [0.15, 0.2) is 9.84 Å². The van der Waals surface area contributed by atoms with E-state index in [0.29, 0.717) is 5.56 Å². The lowest BCUT2D eigenvalue weighted by atomic mass is 10.1. The molecule has 8 heteroatoms. The summed E-state index contributed by atoms with van der Waals surface area (Å²) in [4.78, 5) is 0.0442. The zero-order valence-corrected chi connectivity index (χ0v) is 13.7. The number of sulfonamides is 1. The van der Waals surface area contributed by atoms with E-state index in [9.17, 15) is 16.8 Å². The van der Waals surface area contributed by atoms with E-state index in [1.165, 1.54) is 18.2 Å². The van der Waals surface area contributed by atoms with Gasteiger partial charge >= 0.3 is 0 Å². The monoisotopic (exact) mass is 332 g/mol. The summed E-state index contributed by atoms with van der Waals surface area (Å²) >= 11 is 0. The molecule has 0 amide bonds. The van der Waals surface area contributed by atoms with Crippen molar-refractivity contribution < 1.29 is 16.8 Å². The number of benzene rings is 1. The summed E-state index contributed by atoms with van der Waals surface area (Å²) in [5.74, 6) is 0. The first-order valence-corrected chi connectivity index (χ1v) is 10.1. The van der Waals surface area contributed by atoms with Crippen LogP contribution >= 0.6 is 0 Å². The number of sulfone groups is 1. The minimum atomic E-state index is -3.72. The minimum absolute atomic E-state index is 0.0128. The summed E-state index contributed by atoms with van der Waals surface area (Å²) < 4.78 is 50.8. The molecule has 0 spiro atoms. The topological polar surface area (TPSA) is 92.3 Å². The maximum Gasteiger partial charge on any atom is 0.241 e. The van der Waals surface area contributed by atoms with Gasteiger partial charge in [0.05, 0.1) is 9.79 Å². The quantitative estimate of drug-likeness (QED) is 0.834. The molecule has 6 nitrogen and oxygen atoms in total. The molecule has 0 unspecified atom stereocenters. The zero-order chi connectivity index (χ0) is 15.7. The number of aryl methyl sites for hydroxylation is 1. The van der Waals surface area contributed by atoms with Crippen LogP contribution in [-0.2, 0) is 19.9 Å². The van der Waals surface area contributed by atoms with E-state index in [-0.39, 0.29) is 15.8 Å². The van der Waals surface area contributed by atoms with Gasteiger partial charge in [-0.05, 0) is 50.6 Å². The molecule has 0 saturated carbocycles. The van der Waals surface area contributed by atoms with Gasteiger partial charge in [0, 0.05) is 12.3 Å². The first-order chi connectivity index (χ1) is 9.70. The predicted molar refractivity (Wildman–Crippen MR) is 80.5 cm³/mol. The molecular weight excluding hydrogens is 312 g/mol. The average Bonchev–Trinajstić information content (AvgIpc) is 2.38. The van der Waals surface area contributed by atoms with Crippen LogP contribution in [0.25, 0.3) is 0 Å². The predicted octanol–water partition coefficient (Wildman–Crippen LogP) is 0.429. The number of piperidine rings is 1. The molecule has 0 atom stereocenters. The van der Waals surface area contributed by atoms with Crippen LogP contribution in [0.3, 0.4) is 0 Å². The Morgan fingerprint density at radius 1 is 1.14 bits per heavy atom. The Hall–Kier alpha value is -0.960. The average molecular weight is 332 g/mol. The van der Waals surface area contributed by atoms with Crippen LogP contribution in [0, 0.1) is 6.92 Å². The standard InChI is InChI=1S/C13H20N2O4S2/c1-10-3-4-12(20(2,16)17)9-13(10)21(18,19)15-11-5-7-14-8-6-11/h3-4,9,11,14-15H,5-8H2,1-2H3. The fraction of sp³-hybridized carbons (Fsp3) is 0.538. The maximum atomic E-state index is 12.5.